The average Bonchev–Trinajstić information content (AvgIpc) is 2.67. The van der Waals surface area contributed by atoms with Crippen molar-refractivity contribution in [3.05, 3.63) is 46.5 Å². The van der Waals surface area contributed by atoms with E-state index in [1.165, 1.54) is 44.1 Å². The lowest BCUT2D eigenvalue weighted by Crippen LogP contribution is -1.87. The highest BCUT2D eigenvalue weighted by Gasteiger charge is 2.12. The fourth-order valence-electron chi connectivity index (χ4n) is 2.71. The maximum absolute atomic E-state index is 3.52. The molecule has 0 atom stereocenters. The van der Waals surface area contributed by atoms with Crippen LogP contribution in [-0.2, 0) is 0 Å². The highest BCUT2D eigenvalue weighted by molar-refractivity contribution is 6.11. The summed E-state index contributed by atoms with van der Waals surface area (Å²) < 4.78 is 0. The summed E-state index contributed by atoms with van der Waals surface area (Å²) in [7, 11) is 0. The Morgan fingerprint density at radius 2 is 1.71 bits per heavy atom. The molecule has 1 heterocycles. The van der Waals surface area contributed by atoms with Crippen LogP contribution in [0.15, 0.2) is 18.2 Å². The maximum Gasteiger partial charge on any atom is 0.0503 e. The molecule has 0 fully saturated rings. The summed E-state index contributed by atoms with van der Waals surface area (Å²) in [5.41, 5.74) is 7.59. The van der Waals surface area contributed by atoms with Crippen LogP contribution in [0, 0.1) is 33.8 Å². The molecule has 0 spiro atoms. The highest BCUT2D eigenvalue weighted by Crippen LogP contribution is 2.33. The zero-order valence-electron chi connectivity index (χ0n) is 10.7. The van der Waals surface area contributed by atoms with Crippen LogP contribution in [-0.4, -0.2) is 4.98 Å². The highest BCUT2D eigenvalue weighted by atomic mass is 14.7. The van der Waals surface area contributed by atoms with Crippen molar-refractivity contribution in [1.29, 1.82) is 0 Å². The van der Waals surface area contributed by atoms with Crippen molar-refractivity contribution in [3.8, 4) is 0 Å². The molecule has 0 aliphatic carbocycles. The van der Waals surface area contributed by atoms with E-state index in [1.807, 2.05) is 0 Å². The van der Waals surface area contributed by atoms with Crippen molar-refractivity contribution >= 4 is 21.8 Å². The standard InChI is InChI=1S/C16H16N/c1-9-6-5-7-13-14(9)15-12(4)10(2)8-11(3)16(15)17-13/h5-7,17H,1-4H3. The van der Waals surface area contributed by atoms with Gasteiger partial charge in [-0.15, -0.1) is 0 Å². The summed E-state index contributed by atoms with van der Waals surface area (Å²) in [5.74, 6) is 0. The van der Waals surface area contributed by atoms with E-state index in [1.54, 1.807) is 0 Å². The third kappa shape index (κ3) is 1.32. The van der Waals surface area contributed by atoms with Gasteiger partial charge >= 0.3 is 0 Å². The molecule has 17 heavy (non-hydrogen) atoms. The van der Waals surface area contributed by atoms with Gasteiger partial charge in [-0.3, -0.25) is 0 Å². The van der Waals surface area contributed by atoms with Crippen LogP contribution in [0.3, 0.4) is 0 Å². The number of benzene rings is 2. The maximum atomic E-state index is 3.52. The first-order valence-corrected chi connectivity index (χ1v) is 5.99. The molecule has 0 bridgehead atoms. The van der Waals surface area contributed by atoms with E-state index >= 15 is 0 Å². The lowest BCUT2D eigenvalue weighted by molar-refractivity contribution is 1.32. The van der Waals surface area contributed by atoms with Crippen molar-refractivity contribution in [2.24, 2.45) is 0 Å². The van der Waals surface area contributed by atoms with Crippen LogP contribution in [0.1, 0.15) is 22.3 Å². The van der Waals surface area contributed by atoms with Gasteiger partial charge in [0.25, 0.3) is 0 Å². The second-order valence-electron chi connectivity index (χ2n) is 4.87. The Balaban J connectivity index is 2.68. The quantitative estimate of drug-likeness (QED) is 0.582. The van der Waals surface area contributed by atoms with Gasteiger partial charge in [-0.25, -0.2) is 0 Å². The molecule has 3 aromatic rings. The van der Waals surface area contributed by atoms with Crippen molar-refractivity contribution in [2.45, 2.75) is 27.7 Å². The molecular formula is C16H16N. The van der Waals surface area contributed by atoms with Crippen LogP contribution in [0.2, 0.25) is 0 Å². The molecule has 1 radical (unpaired) electrons. The summed E-state index contributed by atoms with van der Waals surface area (Å²) in [6.07, 6.45) is 0. The molecule has 0 unspecified atom stereocenters. The molecule has 1 nitrogen and oxygen atoms in total. The van der Waals surface area contributed by atoms with Crippen LogP contribution >= 0.6 is 0 Å². The minimum absolute atomic E-state index is 1.21. The van der Waals surface area contributed by atoms with E-state index in [0.717, 1.165) is 0 Å². The first-order chi connectivity index (χ1) is 8.09. The molecule has 1 N–H and O–H groups in total. The topological polar surface area (TPSA) is 15.8 Å². The zero-order valence-corrected chi connectivity index (χ0v) is 10.7. The second-order valence-corrected chi connectivity index (χ2v) is 4.87. The van der Waals surface area contributed by atoms with Crippen LogP contribution in [0.5, 0.6) is 0 Å². The predicted molar refractivity (Wildman–Crippen MR) is 73.6 cm³/mol. The van der Waals surface area contributed by atoms with Gasteiger partial charge in [0.2, 0.25) is 0 Å². The van der Waals surface area contributed by atoms with Crippen LogP contribution in [0.25, 0.3) is 21.8 Å². The van der Waals surface area contributed by atoms with Crippen molar-refractivity contribution < 1.29 is 0 Å². The summed E-state index contributed by atoms with van der Waals surface area (Å²) in [4.78, 5) is 3.52. The van der Waals surface area contributed by atoms with Gasteiger partial charge in [-0.1, -0.05) is 12.1 Å². The summed E-state index contributed by atoms with van der Waals surface area (Å²) >= 11 is 0. The smallest absolute Gasteiger partial charge is 0.0503 e. The number of hydrogen-bond donors (Lipinski definition) is 1. The van der Waals surface area contributed by atoms with Gasteiger partial charge in [-0.2, -0.15) is 0 Å². The molecule has 3 rings (SSSR count). The Morgan fingerprint density at radius 3 is 2.47 bits per heavy atom. The average molecular weight is 222 g/mol. The zero-order chi connectivity index (χ0) is 12.2. The second kappa shape index (κ2) is 3.36. The predicted octanol–water partition coefficient (Wildman–Crippen LogP) is 4.35. The van der Waals surface area contributed by atoms with E-state index in [2.05, 4.69) is 56.9 Å². The Bertz CT molecular complexity index is 732. The van der Waals surface area contributed by atoms with Crippen LogP contribution in [0.4, 0.5) is 0 Å². The molecule has 0 aliphatic rings. The van der Waals surface area contributed by atoms with Gasteiger partial charge in [0.15, 0.2) is 0 Å². The molecule has 2 aromatic carbocycles. The van der Waals surface area contributed by atoms with Gasteiger partial charge < -0.3 is 4.98 Å². The third-order valence-corrected chi connectivity index (χ3v) is 3.72. The van der Waals surface area contributed by atoms with Gasteiger partial charge in [0.05, 0.1) is 5.52 Å². The van der Waals surface area contributed by atoms with E-state index in [-0.39, 0.29) is 0 Å². The molecule has 85 valence electrons. The monoisotopic (exact) mass is 222 g/mol. The number of nitrogens with one attached hydrogen (secondary N) is 1. The van der Waals surface area contributed by atoms with E-state index in [0.29, 0.717) is 0 Å². The largest absolute Gasteiger partial charge is 0.354 e. The number of rotatable bonds is 0. The molecule has 1 heteroatoms. The lowest BCUT2D eigenvalue weighted by Gasteiger charge is -2.05. The number of hydrogen-bond acceptors (Lipinski definition) is 0. The normalized spacial score (nSPS) is 11.5. The molecule has 0 saturated heterocycles. The first kappa shape index (κ1) is 10.4. The lowest BCUT2D eigenvalue weighted by atomic mass is 9.98. The first-order valence-electron chi connectivity index (χ1n) is 5.99. The summed E-state index contributed by atoms with van der Waals surface area (Å²) in [5, 5.41) is 2.73. The Kier molecular flexibility index (Phi) is 2.06. The van der Waals surface area contributed by atoms with Gasteiger partial charge in [0.1, 0.15) is 0 Å². The molecule has 0 aliphatic heterocycles. The molecule has 1 aromatic heterocycles. The Morgan fingerprint density at radius 1 is 0.941 bits per heavy atom. The minimum Gasteiger partial charge on any atom is -0.354 e. The van der Waals surface area contributed by atoms with E-state index < -0.39 is 0 Å². The fourth-order valence-corrected chi connectivity index (χ4v) is 2.71. The number of aromatic nitrogens is 1. The SMILES string of the molecule is Cc1[c]c(C)c2[nH]c3cccc(C)c3c2c1C. The van der Waals surface area contributed by atoms with Crippen molar-refractivity contribution in [2.75, 3.05) is 0 Å². The summed E-state index contributed by atoms with van der Waals surface area (Å²) in [6, 6.07) is 9.86. The third-order valence-electron chi connectivity index (χ3n) is 3.72. The molecule has 0 saturated carbocycles. The van der Waals surface area contributed by atoms with Gasteiger partial charge in [-0.05, 0) is 62.1 Å². The number of H-pyrrole nitrogens is 1. The number of aromatic amines is 1. The van der Waals surface area contributed by atoms with Crippen molar-refractivity contribution in [3.63, 3.8) is 0 Å². The van der Waals surface area contributed by atoms with Crippen molar-refractivity contribution in [1.82, 2.24) is 4.98 Å². The number of aryl methyl sites for hydroxylation is 4. The van der Waals surface area contributed by atoms with E-state index in [4.69, 9.17) is 0 Å². The fraction of sp³-hybridized carbons (Fsp3) is 0.250. The van der Waals surface area contributed by atoms with Crippen LogP contribution < -0.4 is 0 Å². The summed E-state index contributed by atoms with van der Waals surface area (Å²) in [6.45, 7) is 8.63. The van der Waals surface area contributed by atoms with Gasteiger partial charge in [0, 0.05) is 16.3 Å². The van der Waals surface area contributed by atoms with E-state index in [9.17, 15) is 0 Å². The minimum atomic E-state index is 1.21. The molecular weight excluding hydrogens is 206 g/mol. The molecule has 0 amide bonds. The Labute approximate surface area is 101 Å². The number of fused-ring (bicyclic) bond motifs is 3. The Hall–Kier alpha value is -1.76.